The van der Waals surface area contributed by atoms with Gasteiger partial charge in [0.1, 0.15) is 5.75 Å². The maximum Gasteiger partial charge on any atom is 0.180 e. The molecule has 0 atom stereocenters. The number of benzene rings is 1. The van der Waals surface area contributed by atoms with Crippen LogP contribution in [0.15, 0.2) is 24.3 Å². The molecule has 0 aliphatic carbocycles. The Hall–Kier alpha value is -1.10. The van der Waals surface area contributed by atoms with Crippen LogP contribution in [0.1, 0.15) is 29.6 Å². The number of piperidine rings is 1. The van der Waals surface area contributed by atoms with Crippen molar-refractivity contribution in [3.63, 3.8) is 0 Å². The molecule has 0 aromatic heterocycles. The van der Waals surface area contributed by atoms with Gasteiger partial charge < -0.3 is 15.8 Å². The molecule has 0 bridgehead atoms. The highest BCUT2D eigenvalue weighted by Gasteiger charge is 2.14. The molecule has 2 rings (SSSR count). The summed E-state index contributed by atoms with van der Waals surface area (Å²) in [6.45, 7) is 2.90. The number of hydrogen-bond donors (Lipinski definition) is 2. The molecule has 1 aromatic carbocycles. The Morgan fingerprint density at radius 1 is 1.30 bits per heavy atom. The zero-order valence-corrected chi connectivity index (χ0v) is 12.5. The fraction of sp³-hybridized carbons (Fsp3) is 0.533. The Labute approximate surface area is 126 Å². The second-order valence-corrected chi connectivity index (χ2v) is 4.95. The van der Waals surface area contributed by atoms with Gasteiger partial charge in [0.15, 0.2) is 5.78 Å². The largest absolute Gasteiger partial charge is 0.493 e. The molecule has 0 amide bonds. The van der Waals surface area contributed by atoms with E-state index in [4.69, 9.17) is 10.5 Å². The van der Waals surface area contributed by atoms with Crippen molar-refractivity contribution in [3.8, 4) is 5.75 Å². The maximum atomic E-state index is 11.7. The van der Waals surface area contributed by atoms with E-state index in [1.54, 1.807) is 6.07 Å². The molecule has 20 heavy (non-hydrogen) atoms. The molecule has 1 aliphatic heterocycles. The van der Waals surface area contributed by atoms with Crippen LogP contribution in [-0.2, 0) is 0 Å². The fourth-order valence-corrected chi connectivity index (χ4v) is 2.44. The van der Waals surface area contributed by atoms with Gasteiger partial charge >= 0.3 is 0 Å². The third-order valence-corrected chi connectivity index (χ3v) is 3.62. The number of nitrogens with two attached hydrogens (primary N) is 1. The second-order valence-electron chi connectivity index (χ2n) is 4.95. The van der Waals surface area contributed by atoms with Gasteiger partial charge in [-0.2, -0.15) is 0 Å². The summed E-state index contributed by atoms with van der Waals surface area (Å²) in [5, 5.41) is 3.36. The number of ether oxygens (including phenoxy) is 1. The molecule has 112 valence electrons. The zero-order chi connectivity index (χ0) is 13.5. The van der Waals surface area contributed by atoms with Crippen LogP contribution in [-0.4, -0.2) is 32.0 Å². The van der Waals surface area contributed by atoms with Crippen LogP contribution < -0.4 is 15.8 Å². The summed E-state index contributed by atoms with van der Waals surface area (Å²) >= 11 is 0. The smallest absolute Gasteiger partial charge is 0.180 e. The molecule has 1 aliphatic rings. The van der Waals surface area contributed by atoms with E-state index in [1.807, 2.05) is 18.2 Å². The summed E-state index contributed by atoms with van der Waals surface area (Å²) in [6.07, 6.45) is 3.48. The molecule has 3 N–H and O–H groups in total. The summed E-state index contributed by atoms with van der Waals surface area (Å²) in [4.78, 5) is 11.7. The topological polar surface area (TPSA) is 64.4 Å². The highest BCUT2D eigenvalue weighted by atomic mass is 35.5. The number of nitrogens with one attached hydrogen (secondary N) is 1. The standard InChI is InChI=1S/C15H22N2O2.ClH/c16-11-14(18)13-3-1-2-4-15(13)19-10-7-12-5-8-17-9-6-12;/h1-4,12,17H,5-11,16H2;1H. The number of carbonyl (C=O) groups excluding carboxylic acids is 1. The monoisotopic (exact) mass is 298 g/mol. The van der Waals surface area contributed by atoms with E-state index >= 15 is 0 Å². The van der Waals surface area contributed by atoms with Gasteiger partial charge in [0.25, 0.3) is 0 Å². The number of ketones is 1. The van der Waals surface area contributed by atoms with Crippen molar-refractivity contribution in [2.75, 3.05) is 26.2 Å². The predicted molar refractivity (Wildman–Crippen MR) is 82.8 cm³/mol. The average Bonchev–Trinajstić information content (AvgIpc) is 2.48. The van der Waals surface area contributed by atoms with Crippen LogP contribution in [0.25, 0.3) is 0 Å². The third-order valence-electron chi connectivity index (χ3n) is 3.62. The number of rotatable bonds is 6. The molecule has 0 spiro atoms. The van der Waals surface area contributed by atoms with E-state index in [0.29, 0.717) is 17.9 Å². The Bertz CT molecular complexity index is 420. The second kappa shape index (κ2) is 8.95. The molecule has 0 saturated carbocycles. The molecular weight excluding hydrogens is 276 g/mol. The SMILES string of the molecule is Cl.NCC(=O)c1ccccc1OCCC1CCNCC1. The Morgan fingerprint density at radius 2 is 2.00 bits per heavy atom. The first-order chi connectivity index (χ1) is 9.31. The number of Topliss-reactive ketones (excluding diaryl/α,β-unsaturated/α-hetero) is 1. The van der Waals surface area contributed by atoms with E-state index in [0.717, 1.165) is 25.4 Å². The molecule has 4 nitrogen and oxygen atoms in total. The predicted octanol–water partition coefficient (Wildman–Crippen LogP) is 2.02. The van der Waals surface area contributed by atoms with Crippen LogP contribution in [0.3, 0.4) is 0 Å². The lowest BCUT2D eigenvalue weighted by Crippen LogP contribution is -2.28. The molecule has 5 heteroatoms. The maximum absolute atomic E-state index is 11.7. The first kappa shape index (κ1) is 17.0. The molecule has 1 fully saturated rings. The Balaban J connectivity index is 0.00000200. The van der Waals surface area contributed by atoms with Crippen molar-refractivity contribution in [2.24, 2.45) is 11.7 Å². The van der Waals surface area contributed by atoms with Gasteiger partial charge in [-0.05, 0) is 50.4 Å². The van der Waals surface area contributed by atoms with Crippen LogP contribution in [0.5, 0.6) is 5.75 Å². The van der Waals surface area contributed by atoms with Crippen molar-refractivity contribution in [3.05, 3.63) is 29.8 Å². The average molecular weight is 299 g/mol. The fourth-order valence-electron chi connectivity index (χ4n) is 2.44. The first-order valence-corrected chi connectivity index (χ1v) is 6.97. The normalized spacial score (nSPS) is 15.4. The minimum Gasteiger partial charge on any atom is -0.493 e. The van der Waals surface area contributed by atoms with Gasteiger partial charge in [0, 0.05) is 0 Å². The van der Waals surface area contributed by atoms with Crippen molar-refractivity contribution in [1.82, 2.24) is 5.32 Å². The third kappa shape index (κ3) is 4.78. The lowest BCUT2D eigenvalue weighted by Gasteiger charge is -2.22. The van der Waals surface area contributed by atoms with Gasteiger partial charge in [-0.3, -0.25) is 4.79 Å². The van der Waals surface area contributed by atoms with Crippen LogP contribution >= 0.6 is 12.4 Å². The molecule has 1 saturated heterocycles. The lowest BCUT2D eigenvalue weighted by molar-refractivity contribution is 0.0997. The van der Waals surface area contributed by atoms with Gasteiger partial charge in [0.2, 0.25) is 0 Å². The molecular formula is C15H23ClN2O2. The molecule has 0 unspecified atom stereocenters. The van der Waals surface area contributed by atoms with Crippen molar-refractivity contribution >= 4 is 18.2 Å². The number of para-hydroxylation sites is 1. The summed E-state index contributed by atoms with van der Waals surface area (Å²) < 4.78 is 5.77. The Morgan fingerprint density at radius 3 is 2.70 bits per heavy atom. The molecule has 1 heterocycles. The lowest BCUT2D eigenvalue weighted by atomic mass is 9.95. The number of hydrogen-bond acceptors (Lipinski definition) is 4. The van der Waals surface area contributed by atoms with Crippen molar-refractivity contribution in [1.29, 1.82) is 0 Å². The van der Waals surface area contributed by atoms with Crippen LogP contribution in [0, 0.1) is 5.92 Å². The van der Waals surface area contributed by atoms with E-state index in [1.165, 1.54) is 12.8 Å². The minimum absolute atomic E-state index is 0. The highest BCUT2D eigenvalue weighted by Crippen LogP contribution is 2.20. The van der Waals surface area contributed by atoms with E-state index in [2.05, 4.69) is 5.32 Å². The summed E-state index contributed by atoms with van der Waals surface area (Å²) in [5.74, 6) is 1.32. The number of carbonyl (C=O) groups is 1. The Kier molecular flexibility index (Phi) is 7.59. The van der Waals surface area contributed by atoms with E-state index < -0.39 is 0 Å². The van der Waals surface area contributed by atoms with E-state index in [-0.39, 0.29) is 24.7 Å². The zero-order valence-electron chi connectivity index (χ0n) is 11.6. The van der Waals surface area contributed by atoms with Crippen molar-refractivity contribution in [2.45, 2.75) is 19.3 Å². The highest BCUT2D eigenvalue weighted by molar-refractivity contribution is 5.99. The summed E-state index contributed by atoms with van der Waals surface area (Å²) in [7, 11) is 0. The quantitative estimate of drug-likeness (QED) is 0.789. The number of halogens is 1. The first-order valence-electron chi connectivity index (χ1n) is 6.97. The molecule has 1 aromatic rings. The van der Waals surface area contributed by atoms with Crippen LogP contribution in [0.2, 0.25) is 0 Å². The van der Waals surface area contributed by atoms with Crippen LogP contribution in [0.4, 0.5) is 0 Å². The summed E-state index contributed by atoms with van der Waals surface area (Å²) in [6, 6.07) is 7.33. The van der Waals surface area contributed by atoms with Gasteiger partial charge in [-0.15, -0.1) is 12.4 Å². The van der Waals surface area contributed by atoms with Gasteiger partial charge in [-0.25, -0.2) is 0 Å². The van der Waals surface area contributed by atoms with Crippen molar-refractivity contribution < 1.29 is 9.53 Å². The van der Waals surface area contributed by atoms with Gasteiger partial charge in [-0.1, -0.05) is 12.1 Å². The molecule has 0 radical (unpaired) electrons. The minimum atomic E-state index is -0.0718. The van der Waals surface area contributed by atoms with E-state index in [9.17, 15) is 4.79 Å². The van der Waals surface area contributed by atoms with Gasteiger partial charge in [0.05, 0.1) is 18.7 Å². The summed E-state index contributed by atoms with van der Waals surface area (Å²) in [5.41, 5.74) is 6.00.